The van der Waals surface area contributed by atoms with Gasteiger partial charge in [0.2, 0.25) is 0 Å². The van der Waals surface area contributed by atoms with Crippen LogP contribution < -0.4 is 4.90 Å². The molecule has 1 aliphatic rings. The fraction of sp³-hybridized carbons (Fsp3) is 0.0833. The molecule has 0 atom stereocenters. The monoisotopic (exact) mass is 627 g/mol. The summed E-state index contributed by atoms with van der Waals surface area (Å²) in [5, 5.41) is 5.07. The van der Waals surface area contributed by atoms with E-state index in [1.165, 1.54) is 71.6 Å². The number of anilines is 3. The molecule has 9 rings (SSSR count). The molecule has 8 aromatic carbocycles. The Hall–Kier alpha value is -5.92. The first-order valence-corrected chi connectivity index (χ1v) is 17.2. The van der Waals surface area contributed by atoms with Crippen molar-refractivity contribution in [3.8, 4) is 44.5 Å². The molecule has 0 fully saturated rings. The van der Waals surface area contributed by atoms with Crippen LogP contribution in [0.3, 0.4) is 0 Å². The number of para-hydroxylation sites is 1. The average molecular weight is 628 g/mol. The third kappa shape index (κ3) is 5.19. The van der Waals surface area contributed by atoms with Gasteiger partial charge >= 0.3 is 0 Å². The fourth-order valence-electron chi connectivity index (χ4n) is 7.37. The summed E-state index contributed by atoms with van der Waals surface area (Å²) in [7, 11) is 0. The largest absolute Gasteiger partial charge is 0.310 e. The van der Waals surface area contributed by atoms with Gasteiger partial charge in [0.1, 0.15) is 0 Å². The molecule has 8 aromatic rings. The van der Waals surface area contributed by atoms with E-state index in [9.17, 15) is 0 Å². The predicted octanol–water partition coefficient (Wildman–Crippen LogP) is 13.7. The van der Waals surface area contributed by atoms with Crippen molar-refractivity contribution in [3.05, 3.63) is 175 Å². The smallest absolute Gasteiger partial charge is 0.0468 e. The van der Waals surface area contributed by atoms with E-state index in [4.69, 9.17) is 0 Å². The van der Waals surface area contributed by atoms with Gasteiger partial charge in [-0.3, -0.25) is 0 Å². The Morgan fingerprint density at radius 3 is 1.45 bits per heavy atom. The minimum Gasteiger partial charge on any atom is -0.310 e. The summed E-state index contributed by atoms with van der Waals surface area (Å²) in [6.07, 6.45) is 0. The number of nitrogens with zero attached hydrogens (tertiary/aromatic N) is 1. The van der Waals surface area contributed by atoms with Crippen LogP contribution in [0.4, 0.5) is 17.1 Å². The van der Waals surface area contributed by atoms with Gasteiger partial charge in [-0.05, 0) is 144 Å². The van der Waals surface area contributed by atoms with Crippen LogP contribution in [0.25, 0.3) is 66.1 Å². The molecule has 0 bridgehead atoms. The van der Waals surface area contributed by atoms with E-state index in [0.29, 0.717) is 0 Å². The first-order valence-electron chi connectivity index (χ1n) is 17.2. The Morgan fingerprint density at radius 2 is 0.796 bits per heavy atom. The van der Waals surface area contributed by atoms with Crippen molar-refractivity contribution in [1.29, 1.82) is 0 Å². The Kier molecular flexibility index (Phi) is 6.78. The van der Waals surface area contributed by atoms with Crippen LogP contribution in [0.15, 0.2) is 170 Å². The quantitative estimate of drug-likeness (QED) is 0.183. The van der Waals surface area contributed by atoms with Crippen LogP contribution in [0.1, 0.15) is 26.3 Å². The SMILES string of the molecule is CC(C)(C)c1ccc(-c2ccc3cc4c(cc3c2)-c2cc3ccc(N(c5ccccc5)c5cccc(-c6ccccc6)c5)cc3cc2-4)cc1. The van der Waals surface area contributed by atoms with Crippen molar-refractivity contribution < 1.29 is 0 Å². The summed E-state index contributed by atoms with van der Waals surface area (Å²) in [5.41, 5.74) is 15.2. The predicted molar refractivity (Wildman–Crippen MR) is 210 cm³/mol. The molecule has 1 nitrogen and oxygen atoms in total. The highest BCUT2D eigenvalue weighted by molar-refractivity contribution is 6.12. The minimum absolute atomic E-state index is 0.152. The molecular weight excluding hydrogens is 591 g/mol. The maximum Gasteiger partial charge on any atom is 0.0468 e. The van der Waals surface area contributed by atoms with Crippen LogP contribution in [0.2, 0.25) is 0 Å². The zero-order valence-electron chi connectivity index (χ0n) is 28.1. The molecule has 0 saturated heterocycles. The van der Waals surface area contributed by atoms with E-state index in [1.807, 2.05) is 0 Å². The van der Waals surface area contributed by atoms with Gasteiger partial charge < -0.3 is 4.90 Å². The number of rotatable bonds is 5. The molecule has 1 heteroatoms. The molecule has 1 aliphatic carbocycles. The van der Waals surface area contributed by atoms with Crippen LogP contribution in [-0.2, 0) is 5.41 Å². The van der Waals surface area contributed by atoms with Gasteiger partial charge in [-0.1, -0.05) is 124 Å². The Balaban J connectivity index is 1.09. The van der Waals surface area contributed by atoms with Crippen LogP contribution in [-0.4, -0.2) is 0 Å². The highest BCUT2D eigenvalue weighted by atomic mass is 15.1. The topological polar surface area (TPSA) is 3.24 Å². The molecule has 0 spiro atoms. The summed E-state index contributed by atoms with van der Waals surface area (Å²) >= 11 is 0. The normalized spacial score (nSPS) is 12.0. The molecule has 0 aliphatic heterocycles. The number of benzene rings is 8. The van der Waals surface area contributed by atoms with Gasteiger partial charge in [-0.2, -0.15) is 0 Å². The molecule has 0 saturated carbocycles. The number of hydrogen-bond donors (Lipinski definition) is 0. The van der Waals surface area contributed by atoms with Crippen molar-refractivity contribution in [3.63, 3.8) is 0 Å². The molecule has 0 heterocycles. The molecule has 0 unspecified atom stereocenters. The van der Waals surface area contributed by atoms with Crippen molar-refractivity contribution in [2.45, 2.75) is 26.2 Å². The van der Waals surface area contributed by atoms with Gasteiger partial charge in [0.25, 0.3) is 0 Å². The molecule has 0 aromatic heterocycles. The zero-order chi connectivity index (χ0) is 33.1. The highest BCUT2D eigenvalue weighted by Gasteiger charge is 2.24. The number of hydrogen-bond acceptors (Lipinski definition) is 1. The Morgan fingerprint density at radius 1 is 0.327 bits per heavy atom. The summed E-state index contributed by atoms with van der Waals surface area (Å²) in [4.78, 5) is 2.36. The molecule has 0 amide bonds. The van der Waals surface area contributed by atoms with Gasteiger partial charge in [-0.25, -0.2) is 0 Å². The fourth-order valence-corrected chi connectivity index (χ4v) is 7.37. The second kappa shape index (κ2) is 11.4. The van der Waals surface area contributed by atoms with Crippen LogP contribution in [0.5, 0.6) is 0 Å². The van der Waals surface area contributed by atoms with Gasteiger partial charge in [0, 0.05) is 17.1 Å². The summed E-state index contributed by atoms with van der Waals surface area (Å²) in [6, 6.07) is 62.5. The third-order valence-electron chi connectivity index (χ3n) is 10.1. The van der Waals surface area contributed by atoms with Crippen LogP contribution in [0, 0.1) is 0 Å². The summed E-state index contributed by atoms with van der Waals surface area (Å²) in [5.74, 6) is 0. The minimum atomic E-state index is 0.152. The van der Waals surface area contributed by atoms with E-state index in [-0.39, 0.29) is 5.41 Å². The Bertz CT molecular complexity index is 2500. The molecule has 0 N–H and O–H groups in total. The lowest BCUT2D eigenvalue weighted by Gasteiger charge is -2.28. The van der Waals surface area contributed by atoms with Gasteiger partial charge in [0.05, 0.1) is 0 Å². The van der Waals surface area contributed by atoms with Crippen LogP contribution >= 0.6 is 0 Å². The second-order valence-electron chi connectivity index (χ2n) is 14.3. The first kappa shape index (κ1) is 29.2. The van der Waals surface area contributed by atoms with Crippen molar-refractivity contribution in [2.75, 3.05) is 4.90 Å². The summed E-state index contributed by atoms with van der Waals surface area (Å²) in [6.45, 7) is 6.80. The maximum absolute atomic E-state index is 2.39. The summed E-state index contributed by atoms with van der Waals surface area (Å²) < 4.78 is 0. The molecule has 49 heavy (non-hydrogen) atoms. The van der Waals surface area contributed by atoms with Gasteiger partial charge in [0.15, 0.2) is 0 Å². The second-order valence-corrected chi connectivity index (χ2v) is 14.3. The van der Waals surface area contributed by atoms with Crippen molar-refractivity contribution in [1.82, 2.24) is 0 Å². The van der Waals surface area contributed by atoms with E-state index in [0.717, 1.165) is 17.1 Å². The lowest BCUT2D eigenvalue weighted by molar-refractivity contribution is 0.590. The van der Waals surface area contributed by atoms with E-state index < -0.39 is 0 Å². The standard InChI is InChI=1S/C48H37N/c1-48(2,3)40-22-19-33(20-23-40)35-17-18-36-28-44-46(30-38(36)25-35)45-29-37-21-24-43(27-39(37)31-47(44)45)49(41-14-8-5-9-15-41)42-16-10-13-34(26-42)32-11-6-4-7-12-32/h4-31H,1-3H3. The van der Waals surface area contributed by atoms with Crippen molar-refractivity contribution >= 4 is 38.6 Å². The maximum atomic E-state index is 2.39. The Labute approximate surface area is 288 Å². The average Bonchev–Trinajstić information content (AvgIpc) is 3.14. The number of fused-ring (bicyclic) bond motifs is 6. The zero-order valence-corrected chi connectivity index (χ0v) is 28.1. The van der Waals surface area contributed by atoms with E-state index in [2.05, 4.69) is 196 Å². The van der Waals surface area contributed by atoms with E-state index >= 15 is 0 Å². The molecule has 0 radical (unpaired) electrons. The highest BCUT2D eigenvalue weighted by Crippen LogP contribution is 2.51. The lowest BCUT2D eigenvalue weighted by atomic mass is 9.77. The van der Waals surface area contributed by atoms with E-state index in [1.54, 1.807) is 0 Å². The first-order chi connectivity index (χ1) is 23.9. The lowest BCUT2D eigenvalue weighted by Crippen LogP contribution is -2.10. The molecular formula is C48H37N. The third-order valence-corrected chi connectivity index (χ3v) is 10.1. The van der Waals surface area contributed by atoms with Crippen molar-refractivity contribution in [2.24, 2.45) is 0 Å². The van der Waals surface area contributed by atoms with Gasteiger partial charge in [-0.15, -0.1) is 0 Å². The molecule has 234 valence electrons.